The quantitative estimate of drug-likeness (QED) is 0.695. The number of nitrogens with one attached hydrogen (secondary N) is 2. The van der Waals surface area contributed by atoms with E-state index >= 15 is 0 Å². The summed E-state index contributed by atoms with van der Waals surface area (Å²) >= 11 is 6.28. The van der Waals surface area contributed by atoms with E-state index in [1.54, 1.807) is 0 Å². The second kappa shape index (κ2) is 6.62. The summed E-state index contributed by atoms with van der Waals surface area (Å²) in [5, 5.41) is 4.82. The van der Waals surface area contributed by atoms with Gasteiger partial charge in [0.25, 0.3) is 0 Å². The molecule has 0 atom stereocenters. The molecule has 9 heteroatoms. The summed E-state index contributed by atoms with van der Waals surface area (Å²) in [5.74, 6) is -0.537. The van der Waals surface area contributed by atoms with Gasteiger partial charge in [-0.15, -0.1) is 0 Å². The standard InChI is InChI=1S/C8H9Br2N5O2/c9-4-2-13-8(7(10)14-4)15-6(17)3-12-5(16)1-11/h2H,1,3,11H2,(H,12,16)(H,13,15,17). The van der Waals surface area contributed by atoms with Crippen LogP contribution in [-0.4, -0.2) is 34.9 Å². The number of carbonyl (C=O) groups is 2. The number of anilines is 1. The Labute approximate surface area is 114 Å². The van der Waals surface area contributed by atoms with Gasteiger partial charge < -0.3 is 16.4 Å². The molecule has 0 unspecified atom stereocenters. The highest BCUT2D eigenvalue weighted by Gasteiger charge is 2.09. The Kier molecular flexibility index (Phi) is 5.45. The lowest BCUT2D eigenvalue weighted by molar-refractivity contribution is -0.123. The van der Waals surface area contributed by atoms with Crippen LogP contribution in [0, 0.1) is 0 Å². The molecule has 0 bridgehead atoms. The van der Waals surface area contributed by atoms with E-state index in [1.807, 2.05) is 0 Å². The molecule has 2 amide bonds. The van der Waals surface area contributed by atoms with Crippen LogP contribution >= 0.6 is 31.9 Å². The predicted octanol–water partition coefficient (Wildman–Crippen LogP) is 0.0150. The molecule has 0 spiro atoms. The largest absolute Gasteiger partial charge is 0.346 e. The molecule has 1 aromatic rings. The zero-order valence-electron chi connectivity index (χ0n) is 8.54. The van der Waals surface area contributed by atoms with Crippen LogP contribution in [-0.2, 0) is 9.59 Å². The molecule has 0 aromatic carbocycles. The van der Waals surface area contributed by atoms with Gasteiger partial charge in [0.05, 0.1) is 19.3 Å². The van der Waals surface area contributed by atoms with E-state index in [4.69, 9.17) is 5.73 Å². The fourth-order valence-electron chi connectivity index (χ4n) is 0.858. The molecule has 0 aliphatic rings. The Morgan fingerprint density at radius 2 is 2.06 bits per heavy atom. The zero-order chi connectivity index (χ0) is 12.8. The number of nitrogens with zero attached hydrogens (tertiary/aromatic N) is 2. The lowest BCUT2D eigenvalue weighted by Gasteiger charge is -2.06. The van der Waals surface area contributed by atoms with Crippen molar-refractivity contribution in [3.05, 3.63) is 15.4 Å². The highest BCUT2D eigenvalue weighted by Crippen LogP contribution is 2.18. The summed E-state index contributed by atoms with van der Waals surface area (Å²) < 4.78 is 0.934. The average Bonchev–Trinajstić information content (AvgIpc) is 2.29. The third kappa shape index (κ3) is 4.75. The predicted molar refractivity (Wildman–Crippen MR) is 68.1 cm³/mol. The second-order valence-corrected chi connectivity index (χ2v) is 4.42. The van der Waals surface area contributed by atoms with Crippen molar-refractivity contribution in [3.8, 4) is 0 Å². The van der Waals surface area contributed by atoms with Gasteiger partial charge in [0, 0.05) is 0 Å². The first-order chi connectivity index (χ1) is 8.02. The molecule has 92 valence electrons. The van der Waals surface area contributed by atoms with Crippen molar-refractivity contribution in [2.24, 2.45) is 5.73 Å². The van der Waals surface area contributed by atoms with Crippen molar-refractivity contribution >= 4 is 49.5 Å². The van der Waals surface area contributed by atoms with E-state index < -0.39 is 11.8 Å². The van der Waals surface area contributed by atoms with E-state index in [9.17, 15) is 9.59 Å². The van der Waals surface area contributed by atoms with E-state index in [0.29, 0.717) is 9.21 Å². The molecular weight excluding hydrogens is 358 g/mol. The molecule has 0 radical (unpaired) electrons. The van der Waals surface area contributed by atoms with E-state index in [1.165, 1.54) is 6.20 Å². The summed E-state index contributed by atoms with van der Waals surface area (Å²) in [6.07, 6.45) is 1.44. The highest BCUT2D eigenvalue weighted by atomic mass is 79.9. The fourth-order valence-corrected chi connectivity index (χ4v) is 1.77. The number of hydrogen-bond acceptors (Lipinski definition) is 5. The van der Waals surface area contributed by atoms with Gasteiger partial charge >= 0.3 is 0 Å². The number of aromatic nitrogens is 2. The molecular formula is C8H9Br2N5O2. The van der Waals surface area contributed by atoms with Gasteiger partial charge in [0.15, 0.2) is 5.82 Å². The first-order valence-corrected chi connectivity index (χ1v) is 6.06. The normalized spacial score (nSPS) is 9.82. The Bertz CT molecular complexity index is 440. The first kappa shape index (κ1) is 14.0. The van der Waals surface area contributed by atoms with Crippen molar-refractivity contribution in [2.45, 2.75) is 0 Å². The van der Waals surface area contributed by atoms with E-state index in [2.05, 4.69) is 52.5 Å². The van der Waals surface area contributed by atoms with Crippen LogP contribution in [0.5, 0.6) is 0 Å². The molecule has 1 aromatic heterocycles. The highest BCUT2D eigenvalue weighted by molar-refractivity contribution is 9.11. The molecule has 7 nitrogen and oxygen atoms in total. The lowest BCUT2D eigenvalue weighted by Crippen LogP contribution is -2.36. The Hall–Kier alpha value is -1.06. The van der Waals surface area contributed by atoms with E-state index in [-0.39, 0.29) is 18.9 Å². The third-order valence-electron chi connectivity index (χ3n) is 1.59. The molecule has 1 heterocycles. The van der Waals surface area contributed by atoms with E-state index in [0.717, 1.165) is 0 Å². The lowest BCUT2D eigenvalue weighted by atomic mass is 10.5. The monoisotopic (exact) mass is 365 g/mol. The minimum Gasteiger partial charge on any atom is -0.346 e. The van der Waals surface area contributed by atoms with Gasteiger partial charge in [-0.05, 0) is 31.9 Å². The van der Waals surface area contributed by atoms with Gasteiger partial charge in [-0.2, -0.15) is 0 Å². The number of hydrogen-bond donors (Lipinski definition) is 3. The molecule has 1 rings (SSSR count). The second-order valence-electron chi connectivity index (χ2n) is 2.86. The topological polar surface area (TPSA) is 110 Å². The average molecular weight is 367 g/mol. The Balaban J connectivity index is 2.53. The van der Waals surface area contributed by atoms with Crippen LogP contribution in [0.1, 0.15) is 0 Å². The third-order valence-corrected chi connectivity index (χ3v) is 2.52. The summed E-state index contributed by atoms with van der Waals surface area (Å²) in [6.45, 7) is -0.324. The zero-order valence-corrected chi connectivity index (χ0v) is 11.7. The summed E-state index contributed by atoms with van der Waals surface area (Å²) in [6, 6.07) is 0. The number of halogens is 2. The van der Waals surface area contributed by atoms with Crippen LogP contribution in [0.2, 0.25) is 0 Å². The Morgan fingerprint density at radius 3 is 2.65 bits per heavy atom. The fraction of sp³-hybridized carbons (Fsp3) is 0.250. The number of rotatable bonds is 4. The number of nitrogens with two attached hydrogens (primary N) is 1. The molecule has 17 heavy (non-hydrogen) atoms. The smallest absolute Gasteiger partial charge is 0.244 e. The van der Waals surface area contributed by atoms with Crippen molar-refractivity contribution in [2.75, 3.05) is 18.4 Å². The number of carbonyl (C=O) groups excluding carboxylic acids is 2. The SMILES string of the molecule is NCC(=O)NCC(=O)Nc1ncc(Br)nc1Br. The Morgan fingerprint density at radius 1 is 1.35 bits per heavy atom. The molecule has 4 N–H and O–H groups in total. The van der Waals surface area contributed by atoms with Gasteiger partial charge in [-0.3, -0.25) is 9.59 Å². The van der Waals surface area contributed by atoms with Crippen molar-refractivity contribution in [3.63, 3.8) is 0 Å². The number of amides is 2. The van der Waals surface area contributed by atoms with Crippen LogP contribution in [0.3, 0.4) is 0 Å². The van der Waals surface area contributed by atoms with Crippen LogP contribution in [0.25, 0.3) is 0 Å². The van der Waals surface area contributed by atoms with Gasteiger partial charge in [0.1, 0.15) is 9.21 Å². The molecule has 0 aliphatic carbocycles. The maximum absolute atomic E-state index is 11.4. The molecule has 0 aliphatic heterocycles. The summed E-state index contributed by atoms with van der Waals surface area (Å²) in [4.78, 5) is 30.1. The maximum Gasteiger partial charge on any atom is 0.244 e. The van der Waals surface area contributed by atoms with Gasteiger partial charge in [0.2, 0.25) is 11.8 Å². The molecule has 0 saturated heterocycles. The molecule has 0 fully saturated rings. The molecule has 0 saturated carbocycles. The van der Waals surface area contributed by atoms with Gasteiger partial charge in [-0.1, -0.05) is 0 Å². The van der Waals surface area contributed by atoms with Crippen molar-refractivity contribution in [1.29, 1.82) is 0 Å². The van der Waals surface area contributed by atoms with Crippen LogP contribution in [0.4, 0.5) is 5.82 Å². The minimum absolute atomic E-state index is 0.158. The van der Waals surface area contributed by atoms with Gasteiger partial charge in [-0.25, -0.2) is 9.97 Å². The minimum atomic E-state index is -0.413. The summed E-state index contributed by atoms with van der Waals surface area (Å²) in [5.41, 5.74) is 5.07. The van der Waals surface area contributed by atoms with Crippen molar-refractivity contribution in [1.82, 2.24) is 15.3 Å². The van der Waals surface area contributed by atoms with Crippen LogP contribution < -0.4 is 16.4 Å². The maximum atomic E-state index is 11.4. The summed E-state index contributed by atoms with van der Waals surface area (Å²) in [7, 11) is 0. The first-order valence-electron chi connectivity index (χ1n) is 4.47. The van der Waals surface area contributed by atoms with Crippen molar-refractivity contribution < 1.29 is 9.59 Å². The van der Waals surface area contributed by atoms with Crippen LogP contribution in [0.15, 0.2) is 15.4 Å².